The highest BCUT2D eigenvalue weighted by molar-refractivity contribution is 5.86. The van der Waals surface area contributed by atoms with Gasteiger partial charge in [0, 0.05) is 23.8 Å². The summed E-state index contributed by atoms with van der Waals surface area (Å²) in [5.41, 5.74) is 0.380. The van der Waals surface area contributed by atoms with E-state index < -0.39 is 42.7 Å². The molecule has 2 aromatic carbocycles. The molecule has 1 saturated heterocycles. The first kappa shape index (κ1) is 23.0. The van der Waals surface area contributed by atoms with Gasteiger partial charge in [0.05, 0.1) is 20.8 Å². The predicted octanol–water partition coefficient (Wildman–Crippen LogP) is 0.656. The van der Waals surface area contributed by atoms with Crippen LogP contribution in [0, 0.1) is 0 Å². The van der Waals surface area contributed by atoms with E-state index in [2.05, 4.69) is 0 Å². The Morgan fingerprint density at radius 2 is 1.61 bits per heavy atom. The van der Waals surface area contributed by atoms with Gasteiger partial charge in [-0.1, -0.05) is 0 Å². The largest absolute Gasteiger partial charge is 0.497 e. The van der Waals surface area contributed by atoms with E-state index in [1.165, 1.54) is 25.3 Å². The lowest BCUT2D eigenvalue weighted by Gasteiger charge is -2.39. The van der Waals surface area contributed by atoms with Crippen LogP contribution in [0.4, 0.5) is 0 Å². The maximum atomic E-state index is 13.0. The Hall–Kier alpha value is -3.15. The first-order valence-corrected chi connectivity index (χ1v) is 10.1. The van der Waals surface area contributed by atoms with Crippen molar-refractivity contribution in [2.75, 3.05) is 20.8 Å². The average Bonchev–Trinajstić information content (AvgIpc) is 2.83. The topological polar surface area (TPSA) is 148 Å². The minimum atomic E-state index is -1.64. The van der Waals surface area contributed by atoms with Crippen molar-refractivity contribution in [2.24, 2.45) is 0 Å². The minimum Gasteiger partial charge on any atom is -0.497 e. The van der Waals surface area contributed by atoms with Gasteiger partial charge in [-0.15, -0.1) is 0 Å². The van der Waals surface area contributed by atoms with E-state index >= 15 is 0 Å². The molecule has 176 valence electrons. The highest BCUT2D eigenvalue weighted by Crippen LogP contribution is 2.34. The average molecular weight is 460 g/mol. The summed E-state index contributed by atoms with van der Waals surface area (Å²) in [4.78, 5) is 13.0. The zero-order valence-electron chi connectivity index (χ0n) is 17.9. The van der Waals surface area contributed by atoms with Crippen LogP contribution in [0.15, 0.2) is 51.7 Å². The SMILES string of the molecule is COc1ccc(-c2cc(=O)c3c(OC4O[C@H](CO)[C@@H](O)[C@H](O)[C@H]4O)cc(OC)cc3o2)cc1. The van der Waals surface area contributed by atoms with Crippen LogP contribution in [-0.2, 0) is 4.74 Å². The lowest BCUT2D eigenvalue weighted by Crippen LogP contribution is -2.60. The molecule has 1 fully saturated rings. The zero-order valence-corrected chi connectivity index (χ0v) is 17.9. The van der Waals surface area contributed by atoms with Crippen molar-refractivity contribution in [1.29, 1.82) is 0 Å². The Kier molecular flexibility index (Phi) is 6.54. The smallest absolute Gasteiger partial charge is 0.229 e. The van der Waals surface area contributed by atoms with Gasteiger partial charge in [0.25, 0.3) is 0 Å². The third-order valence-electron chi connectivity index (χ3n) is 5.47. The quantitative estimate of drug-likeness (QED) is 0.413. The summed E-state index contributed by atoms with van der Waals surface area (Å²) in [5, 5.41) is 39.8. The first-order chi connectivity index (χ1) is 15.9. The van der Waals surface area contributed by atoms with Crippen LogP contribution in [0.1, 0.15) is 0 Å². The van der Waals surface area contributed by atoms with E-state index in [1.54, 1.807) is 31.4 Å². The van der Waals surface area contributed by atoms with E-state index in [9.17, 15) is 25.2 Å². The fraction of sp³-hybridized carbons (Fsp3) is 0.348. The Morgan fingerprint density at radius 1 is 0.909 bits per heavy atom. The molecule has 0 bridgehead atoms. The second-order valence-corrected chi connectivity index (χ2v) is 7.52. The summed E-state index contributed by atoms with van der Waals surface area (Å²) in [7, 11) is 2.97. The van der Waals surface area contributed by atoms with Crippen molar-refractivity contribution < 1.29 is 43.8 Å². The van der Waals surface area contributed by atoms with Crippen LogP contribution in [0.25, 0.3) is 22.3 Å². The van der Waals surface area contributed by atoms with Crippen molar-refractivity contribution in [3.63, 3.8) is 0 Å². The summed E-state index contributed by atoms with van der Waals surface area (Å²) in [6, 6.07) is 11.2. The van der Waals surface area contributed by atoms with Crippen molar-refractivity contribution in [3.8, 4) is 28.6 Å². The fourth-order valence-corrected chi connectivity index (χ4v) is 3.63. The molecule has 4 N–H and O–H groups in total. The lowest BCUT2D eigenvalue weighted by molar-refractivity contribution is -0.277. The molecular weight excluding hydrogens is 436 g/mol. The monoisotopic (exact) mass is 460 g/mol. The van der Waals surface area contributed by atoms with Crippen molar-refractivity contribution >= 4 is 11.0 Å². The van der Waals surface area contributed by atoms with Gasteiger partial charge in [0.15, 0.2) is 5.43 Å². The van der Waals surface area contributed by atoms with Gasteiger partial charge in [0.2, 0.25) is 6.29 Å². The Balaban J connectivity index is 1.76. The normalized spacial score (nSPS) is 25.1. The van der Waals surface area contributed by atoms with Crippen LogP contribution >= 0.6 is 0 Å². The molecule has 33 heavy (non-hydrogen) atoms. The summed E-state index contributed by atoms with van der Waals surface area (Å²) < 4.78 is 27.5. The predicted molar refractivity (Wildman–Crippen MR) is 115 cm³/mol. The maximum Gasteiger partial charge on any atom is 0.229 e. The second-order valence-electron chi connectivity index (χ2n) is 7.52. The number of ether oxygens (including phenoxy) is 4. The number of fused-ring (bicyclic) bond motifs is 1. The van der Waals surface area contributed by atoms with Crippen LogP contribution < -0.4 is 19.6 Å². The molecular formula is C23H24O10. The molecule has 10 nitrogen and oxygen atoms in total. The Labute approximate surface area is 188 Å². The Morgan fingerprint density at radius 3 is 2.24 bits per heavy atom. The molecule has 5 atom stereocenters. The van der Waals surface area contributed by atoms with Crippen LogP contribution in [0.3, 0.4) is 0 Å². The van der Waals surface area contributed by atoms with Crippen molar-refractivity contribution in [1.82, 2.24) is 0 Å². The summed E-state index contributed by atoms with van der Waals surface area (Å²) in [6.45, 7) is -0.614. The van der Waals surface area contributed by atoms with Gasteiger partial charge in [0.1, 0.15) is 58.4 Å². The Bertz CT molecular complexity index is 1170. The van der Waals surface area contributed by atoms with Crippen LogP contribution in [0.2, 0.25) is 0 Å². The fourth-order valence-electron chi connectivity index (χ4n) is 3.63. The summed E-state index contributed by atoms with van der Waals surface area (Å²) >= 11 is 0. The molecule has 0 radical (unpaired) electrons. The zero-order chi connectivity index (χ0) is 23.7. The highest BCUT2D eigenvalue weighted by Gasteiger charge is 2.45. The van der Waals surface area contributed by atoms with Crippen LogP contribution in [-0.4, -0.2) is 72.0 Å². The molecule has 0 aliphatic carbocycles. The number of methoxy groups -OCH3 is 2. The molecule has 1 aromatic heterocycles. The lowest BCUT2D eigenvalue weighted by atomic mass is 9.99. The number of aliphatic hydroxyl groups is 4. The number of hydrogen-bond donors (Lipinski definition) is 4. The molecule has 1 unspecified atom stereocenters. The standard InChI is InChI=1S/C23H24O10/c1-29-12-5-3-11(4-6-12)15-9-14(25)19-16(31-15)7-13(30-2)8-17(19)32-23-22(28)21(27)20(26)18(10-24)33-23/h3-9,18,20-24,26-28H,10H2,1-2H3/t18-,20-,21+,22-,23?/m1/s1. The second kappa shape index (κ2) is 9.38. The molecule has 0 amide bonds. The minimum absolute atomic E-state index is 0.0243. The molecule has 4 rings (SSSR count). The van der Waals surface area contributed by atoms with Gasteiger partial charge >= 0.3 is 0 Å². The summed E-state index contributed by atoms with van der Waals surface area (Å²) in [6.07, 6.45) is -7.45. The van der Waals surface area contributed by atoms with Gasteiger partial charge in [-0.3, -0.25) is 4.79 Å². The van der Waals surface area contributed by atoms with Gasteiger partial charge < -0.3 is 43.8 Å². The molecule has 3 aromatic rings. The van der Waals surface area contributed by atoms with E-state index in [0.29, 0.717) is 22.8 Å². The third kappa shape index (κ3) is 4.39. The molecule has 1 aliphatic heterocycles. The number of hydrogen-bond acceptors (Lipinski definition) is 10. The van der Waals surface area contributed by atoms with E-state index in [4.69, 9.17) is 23.4 Å². The van der Waals surface area contributed by atoms with E-state index in [0.717, 1.165) is 0 Å². The van der Waals surface area contributed by atoms with E-state index in [1.807, 2.05) is 0 Å². The van der Waals surface area contributed by atoms with E-state index in [-0.39, 0.29) is 16.7 Å². The molecule has 0 saturated carbocycles. The molecule has 2 heterocycles. The molecule has 0 spiro atoms. The maximum absolute atomic E-state index is 13.0. The summed E-state index contributed by atoms with van der Waals surface area (Å²) in [5.74, 6) is 1.24. The number of aliphatic hydroxyl groups excluding tert-OH is 4. The number of benzene rings is 2. The first-order valence-electron chi connectivity index (χ1n) is 10.1. The number of rotatable bonds is 6. The van der Waals surface area contributed by atoms with Gasteiger partial charge in [-0.2, -0.15) is 0 Å². The molecule has 1 aliphatic rings. The van der Waals surface area contributed by atoms with Crippen LogP contribution in [0.5, 0.6) is 17.2 Å². The molecule has 10 heteroatoms. The van der Waals surface area contributed by atoms with Crippen molar-refractivity contribution in [3.05, 3.63) is 52.7 Å². The van der Waals surface area contributed by atoms with Gasteiger partial charge in [-0.05, 0) is 24.3 Å². The van der Waals surface area contributed by atoms with Crippen molar-refractivity contribution in [2.45, 2.75) is 30.7 Å². The van der Waals surface area contributed by atoms with Gasteiger partial charge in [-0.25, -0.2) is 0 Å². The highest BCUT2D eigenvalue weighted by atomic mass is 16.7. The third-order valence-corrected chi connectivity index (χ3v) is 5.47.